The Labute approximate surface area is 116 Å². The lowest BCUT2D eigenvalue weighted by Gasteiger charge is -2.16. The second kappa shape index (κ2) is 7.22. The van der Waals surface area contributed by atoms with Gasteiger partial charge in [0.15, 0.2) is 0 Å². The number of nitrogens with one attached hydrogen (secondary N) is 1. The number of carbonyl (C=O) groups is 2. The molecule has 1 aromatic carbocycles. The lowest BCUT2D eigenvalue weighted by Crippen LogP contribution is -2.42. The maximum atomic E-state index is 11.6. The largest absolute Gasteiger partial charge is 0.467 e. The summed E-state index contributed by atoms with van der Waals surface area (Å²) in [5.41, 5.74) is 0.670. The minimum absolute atomic E-state index is 0.0269. The first-order valence-electron chi connectivity index (χ1n) is 6.08. The molecule has 0 aliphatic carbocycles. The molecule has 7 heteroatoms. The number of methoxy groups -OCH3 is 1. The Kier molecular flexibility index (Phi) is 5.64. The highest BCUT2D eigenvalue weighted by Gasteiger charge is 2.21. The molecular weight excluding hydrogens is 264 g/mol. The fraction of sp³-hybridized carbons (Fsp3) is 0.385. The Morgan fingerprint density at radius 2 is 1.95 bits per heavy atom. The number of ether oxygens (including phenoxy) is 1. The van der Waals surface area contributed by atoms with Crippen LogP contribution in [-0.2, 0) is 20.7 Å². The molecule has 0 aliphatic rings. The number of benzene rings is 1. The number of hydrogen-bond acceptors (Lipinski definition) is 5. The van der Waals surface area contributed by atoms with E-state index in [4.69, 9.17) is 0 Å². The van der Waals surface area contributed by atoms with Crippen LogP contribution in [0.2, 0.25) is 0 Å². The van der Waals surface area contributed by atoms with Gasteiger partial charge in [-0.05, 0) is 5.56 Å². The number of nitro groups is 1. The van der Waals surface area contributed by atoms with Crippen LogP contribution in [-0.4, -0.2) is 30.0 Å². The Bertz CT molecular complexity index is 498. The van der Waals surface area contributed by atoms with Crippen molar-refractivity contribution >= 4 is 17.6 Å². The van der Waals surface area contributed by atoms with E-state index in [1.54, 1.807) is 19.1 Å². The maximum absolute atomic E-state index is 11.6. The van der Waals surface area contributed by atoms with Gasteiger partial charge in [0.05, 0.1) is 12.0 Å². The topological polar surface area (TPSA) is 98.5 Å². The normalized spacial score (nSPS) is 11.5. The fourth-order valence-electron chi connectivity index (χ4n) is 1.62. The van der Waals surface area contributed by atoms with Crippen LogP contribution in [0, 0.1) is 10.1 Å². The van der Waals surface area contributed by atoms with Gasteiger partial charge in [0.1, 0.15) is 6.04 Å². The molecule has 1 aromatic rings. The molecule has 0 fully saturated rings. The van der Waals surface area contributed by atoms with Crippen molar-refractivity contribution in [2.75, 3.05) is 7.11 Å². The summed E-state index contributed by atoms with van der Waals surface area (Å²) in [4.78, 5) is 33.0. The molecule has 0 spiro atoms. The second-order valence-electron chi connectivity index (χ2n) is 4.12. The third kappa shape index (κ3) is 4.34. The molecule has 1 N–H and O–H groups in total. The number of hydrogen-bond donors (Lipinski definition) is 1. The summed E-state index contributed by atoms with van der Waals surface area (Å²) >= 11 is 0. The van der Waals surface area contributed by atoms with E-state index in [1.165, 1.54) is 19.2 Å². The molecule has 0 radical (unpaired) electrons. The van der Waals surface area contributed by atoms with Crippen molar-refractivity contribution in [2.24, 2.45) is 0 Å². The standard InChI is InChI=1S/C13H16N2O5/c1-3-12(16)14-11(13(17)20-2)8-9-4-6-10(7-5-9)15(18)19/h4-7,11H,3,8H2,1-2H3,(H,14,16). The lowest BCUT2D eigenvalue weighted by molar-refractivity contribution is -0.384. The molecule has 0 aliphatic heterocycles. The SMILES string of the molecule is CCC(=O)NC(Cc1ccc([N+](=O)[O-])cc1)C(=O)OC. The Balaban J connectivity index is 2.80. The smallest absolute Gasteiger partial charge is 0.328 e. The summed E-state index contributed by atoms with van der Waals surface area (Å²) in [6.07, 6.45) is 0.476. The molecule has 0 saturated carbocycles. The maximum Gasteiger partial charge on any atom is 0.328 e. The Morgan fingerprint density at radius 1 is 1.35 bits per heavy atom. The summed E-state index contributed by atoms with van der Waals surface area (Å²) in [6.45, 7) is 1.68. The third-order valence-corrected chi connectivity index (χ3v) is 2.73. The Hall–Kier alpha value is -2.44. The average Bonchev–Trinajstić information content (AvgIpc) is 2.46. The molecule has 1 unspecified atom stereocenters. The molecule has 20 heavy (non-hydrogen) atoms. The number of rotatable bonds is 6. The second-order valence-corrected chi connectivity index (χ2v) is 4.12. The molecule has 1 amide bonds. The van der Waals surface area contributed by atoms with E-state index in [-0.39, 0.29) is 24.4 Å². The molecule has 0 heterocycles. The highest BCUT2D eigenvalue weighted by atomic mass is 16.6. The van der Waals surface area contributed by atoms with Crippen LogP contribution in [0.5, 0.6) is 0 Å². The van der Waals surface area contributed by atoms with E-state index in [1.807, 2.05) is 0 Å². The zero-order valence-corrected chi connectivity index (χ0v) is 11.3. The van der Waals surface area contributed by atoms with Gasteiger partial charge < -0.3 is 10.1 Å². The number of amides is 1. The van der Waals surface area contributed by atoms with Crippen molar-refractivity contribution in [1.82, 2.24) is 5.32 Å². The van der Waals surface area contributed by atoms with Gasteiger partial charge >= 0.3 is 5.97 Å². The van der Waals surface area contributed by atoms with E-state index in [9.17, 15) is 19.7 Å². The summed E-state index contributed by atoms with van der Waals surface area (Å²) in [5, 5.41) is 13.1. The zero-order chi connectivity index (χ0) is 15.1. The van der Waals surface area contributed by atoms with Crippen molar-refractivity contribution < 1.29 is 19.2 Å². The van der Waals surface area contributed by atoms with Gasteiger partial charge in [-0.15, -0.1) is 0 Å². The van der Waals surface area contributed by atoms with E-state index >= 15 is 0 Å². The van der Waals surface area contributed by atoms with Crippen molar-refractivity contribution in [2.45, 2.75) is 25.8 Å². The van der Waals surface area contributed by atoms with E-state index in [0.29, 0.717) is 5.56 Å². The molecule has 1 atom stereocenters. The first-order valence-corrected chi connectivity index (χ1v) is 6.08. The first-order chi connectivity index (χ1) is 9.47. The van der Waals surface area contributed by atoms with Gasteiger partial charge in [-0.1, -0.05) is 19.1 Å². The van der Waals surface area contributed by atoms with Gasteiger partial charge in [0.25, 0.3) is 5.69 Å². The van der Waals surface area contributed by atoms with E-state index in [2.05, 4.69) is 10.1 Å². The van der Waals surface area contributed by atoms with Crippen LogP contribution in [0.4, 0.5) is 5.69 Å². The van der Waals surface area contributed by atoms with Crippen LogP contribution in [0.15, 0.2) is 24.3 Å². The quantitative estimate of drug-likeness (QED) is 0.479. The number of carbonyl (C=O) groups excluding carboxylic acids is 2. The minimum atomic E-state index is -0.797. The number of esters is 1. The highest BCUT2D eigenvalue weighted by Crippen LogP contribution is 2.13. The average molecular weight is 280 g/mol. The summed E-state index contributed by atoms with van der Waals surface area (Å²) in [7, 11) is 1.24. The molecule has 0 saturated heterocycles. The van der Waals surface area contributed by atoms with Gasteiger partial charge in [-0.3, -0.25) is 14.9 Å². The zero-order valence-electron chi connectivity index (χ0n) is 11.3. The van der Waals surface area contributed by atoms with Crippen LogP contribution >= 0.6 is 0 Å². The molecule has 7 nitrogen and oxygen atoms in total. The highest BCUT2D eigenvalue weighted by molar-refractivity contribution is 5.84. The van der Waals surface area contributed by atoms with Gasteiger partial charge in [0, 0.05) is 25.0 Å². The monoisotopic (exact) mass is 280 g/mol. The number of nitro benzene ring substituents is 1. The fourth-order valence-corrected chi connectivity index (χ4v) is 1.62. The molecule has 0 bridgehead atoms. The van der Waals surface area contributed by atoms with Crippen LogP contribution in [0.1, 0.15) is 18.9 Å². The van der Waals surface area contributed by atoms with E-state index in [0.717, 1.165) is 0 Å². The minimum Gasteiger partial charge on any atom is -0.467 e. The predicted molar refractivity (Wildman–Crippen MR) is 71.0 cm³/mol. The predicted octanol–water partition coefficient (Wildman–Crippen LogP) is 1.21. The van der Waals surface area contributed by atoms with Crippen molar-refractivity contribution in [1.29, 1.82) is 0 Å². The van der Waals surface area contributed by atoms with Gasteiger partial charge in [-0.2, -0.15) is 0 Å². The molecule has 1 rings (SSSR count). The summed E-state index contributed by atoms with van der Waals surface area (Å²) < 4.78 is 4.63. The molecule has 108 valence electrons. The Morgan fingerprint density at radius 3 is 2.40 bits per heavy atom. The van der Waals surface area contributed by atoms with Crippen molar-refractivity contribution in [3.63, 3.8) is 0 Å². The lowest BCUT2D eigenvalue weighted by atomic mass is 10.1. The van der Waals surface area contributed by atoms with Gasteiger partial charge in [-0.25, -0.2) is 4.79 Å². The number of nitrogens with zero attached hydrogens (tertiary/aromatic N) is 1. The van der Waals surface area contributed by atoms with Crippen LogP contribution in [0.3, 0.4) is 0 Å². The first kappa shape index (κ1) is 15.6. The number of non-ortho nitro benzene ring substituents is 1. The van der Waals surface area contributed by atoms with Gasteiger partial charge in [0.2, 0.25) is 5.91 Å². The molecule has 0 aromatic heterocycles. The van der Waals surface area contributed by atoms with Crippen molar-refractivity contribution in [3.8, 4) is 0 Å². The van der Waals surface area contributed by atoms with Crippen LogP contribution in [0.25, 0.3) is 0 Å². The van der Waals surface area contributed by atoms with Crippen LogP contribution < -0.4 is 5.32 Å². The molecular formula is C13H16N2O5. The summed E-state index contributed by atoms with van der Waals surface area (Å²) in [6, 6.07) is 5.00. The third-order valence-electron chi connectivity index (χ3n) is 2.73. The van der Waals surface area contributed by atoms with Crippen molar-refractivity contribution in [3.05, 3.63) is 39.9 Å². The van der Waals surface area contributed by atoms with E-state index < -0.39 is 16.9 Å². The summed E-state index contributed by atoms with van der Waals surface area (Å²) in [5.74, 6) is -0.813.